The van der Waals surface area contributed by atoms with Crippen LogP contribution in [-0.2, 0) is 19.8 Å². The van der Waals surface area contributed by atoms with E-state index in [0.29, 0.717) is 12.1 Å². The summed E-state index contributed by atoms with van der Waals surface area (Å²) in [4.78, 5) is 23.9. The van der Waals surface area contributed by atoms with Crippen LogP contribution in [0.1, 0.15) is 14.3 Å². The Labute approximate surface area is 117 Å². The quantitative estimate of drug-likeness (QED) is 0.660. The molecule has 1 aromatic carbocycles. The first-order chi connectivity index (χ1) is 9.29. The molecule has 8 heteroatoms. The van der Waals surface area contributed by atoms with Crippen LogP contribution in [0.4, 0.5) is 9.57 Å². The highest BCUT2D eigenvalue weighted by Crippen LogP contribution is 2.23. The van der Waals surface area contributed by atoms with Gasteiger partial charge in [0.15, 0.2) is 0 Å². The molecule has 20 heavy (non-hydrogen) atoms. The van der Waals surface area contributed by atoms with E-state index in [0.717, 1.165) is 12.1 Å². The molecule has 1 N–H and O–H groups in total. The Hall–Kier alpha value is -1.96. The van der Waals surface area contributed by atoms with E-state index in [2.05, 4.69) is 5.32 Å². The van der Waals surface area contributed by atoms with Gasteiger partial charge >= 0.3 is 10.2 Å². The second-order valence-corrected chi connectivity index (χ2v) is 5.86. The van der Waals surface area contributed by atoms with Crippen molar-refractivity contribution >= 4 is 27.7 Å². The Kier molecular flexibility index (Phi) is 3.76. The molecule has 0 saturated carbocycles. The molecule has 2 rings (SSSR count). The molecule has 0 radical (unpaired) electrons. The van der Waals surface area contributed by atoms with E-state index >= 15 is 0 Å². The van der Waals surface area contributed by atoms with Crippen molar-refractivity contribution in [1.29, 1.82) is 0 Å². The zero-order valence-electron chi connectivity index (χ0n) is 10.7. The largest absolute Gasteiger partial charge is 0.363 e. The zero-order chi connectivity index (χ0) is 14.9. The minimum Gasteiger partial charge on any atom is -0.363 e. The summed E-state index contributed by atoms with van der Waals surface area (Å²) in [6, 6.07) is 4.66. The molecule has 1 fully saturated rings. The number of anilines is 1. The van der Waals surface area contributed by atoms with Crippen LogP contribution in [0.5, 0.6) is 0 Å². The third kappa shape index (κ3) is 2.96. The number of rotatable bonds is 3. The van der Waals surface area contributed by atoms with Gasteiger partial charge in [0.1, 0.15) is 10.9 Å². The summed E-state index contributed by atoms with van der Waals surface area (Å²) in [6.07, 6.45) is 0.537. The van der Waals surface area contributed by atoms with Gasteiger partial charge in [-0.05, 0) is 24.6 Å². The molecule has 1 aromatic rings. The number of nitrogens with zero attached hydrogens (tertiary/aromatic N) is 1. The van der Waals surface area contributed by atoms with Gasteiger partial charge in [-0.25, -0.2) is 0 Å². The molecule has 0 spiro atoms. The summed E-state index contributed by atoms with van der Waals surface area (Å²) in [7, 11) is -3.21. The molecular formula is C12H15FN2O4S. The molecule has 1 aliphatic heterocycles. The SMILES string of the molecule is CN(c1cccc(S(=O)(=O)F)c1)C1CCC(=O)NC1=O.[HH]. The highest BCUT2D eigenvalue weighted by Gasteiger charge is 2.30. The minimum absolute atomic E-state index is 0. The fourth-order valence-electron chi connectivity index (χ4n) is 2.09. The number of benzene rings is 1. The number of likely N-dealkylation sites (N-methyl/N-ethyl adjacent to an activating group) is 1. The van der Waals surface area contributed by atoms with E-state index in [-0.39, 0.29) is 13.8 Å². The Balaban J connectivity index is 0.00000220. The molecule has 1 atom stereocenters. The van der Waals surface area contributed by atoms with Crippen molar-refractivity contribution in [3.05, 3.63) is 24.3 Å². The second kappa shape index (κ2) is 5.20. The van der Waals surface area contributed by atoms with Crippen molar-refractivity contribution in [2.75, 3.05) is 11.9 Å². The van der Waals surface area contributed by atoms with E-state index in [1.165, 1.54) is 11.0 Å². The molecule has 110 valence electrons. The first-order valence-electron chi connectivity index (χ1n) is 5.90. The molecule has 1 aliphatic rings. The zero-order valence-corrected chi connectivity index (χ0v) is 11.5. The smallest absolute Gasteiger partial charge is 0.332 e. The van der Waals surface area contributed by atoms with Gasteiger partial charge in [-0.1, -0.05) is 6.07 Å². The molecule has 1 heterocycles. The molecular weight excluding hydrogens is 287 g/mol. The monoisotopic (exact) mass is 302 g/mol. The van der Waals surface area contributed by atoms with Crippen LogP contribution >= 0.6 is 0 Å². The van der Waals surface area contributed by atoms with Crippen molar-refractivity contribution in [2.45, 2.75) is 23.8 Å². The first-order valence-corrected chi connectivity index (χ1v) is 7.28. The molecule has 0 bridgehead atoms. The molecule has 1 saturated heterocycles. The number of amides is 2. The predicted molar refractivity (Wildman–Crippen MR) is 71.4 cm³/mol. The highest BCUT2D eigenvalue weighted by atomic mass is 32.3. The topological polar surface area (TPSA) is 83.6 Å². The van der Waals surface area contributed by atoms with Crippen LogP contribution in [0.25, 0.3) is 0 Å². The van der Waals surface area contributed by atoms with Crippen LogP contribution < -0.4 is 10.2 Å². The standard InChI is InChI=1S/C12H13FN2O4S.H2/c1-15(10-5-6-11(16)14-12(10)17)8-3-2-4-9(7-8)20(13,18)19;/h2-4,7,10H,5-6H2,1H3,(H,14,16,17);1H. The van der Waals surface area contributed by atoms with Crippen LogP contribution in [0.15, 0.2) is 29.2 Å². The molecule has 6 nitrogen and oxygen atoms in total. The number of imide groups is 1. The van der Waals surface area contributed by atoms with Crippen molar-refractivity contribution in [1.82, 2.24) is 5.32 Å². The third-order valence-electron chi connectivity index (χ3n) is 3.18. The van der Waals surface area contributed by atoms with Crippen LogP contribution in [0.3, 0.4) is 0 Å². The average Bonchev–Trinajstić information content (AvgIpc) is 2.37. The lowest BCUT2D eigenvalue weighted by atomic mass is 10.0. The second-order valence-electron chi connectivity index (χ2n) is 4.51. The van der Waals surface area contributed by atoms with E-state index in [1.54, 1.807) is 13.1 Å². The van der Waals surface area contributed by atoms with Crippen LogP contribution in [0.2, 0.25) is 0 Å². The normalized spacial score (nSPS) is 19.6. The summed E-state index contributed by atoms with van der Waals surface area (Å²) >= 11 is 0. The van der Waals surface area contributed by atoms with Crippen molar-refractivity contribution in [3.63, 3.8) is 0 Å². The number of carbonyl (C=O) groups is 2. The van der Waals surface area contributed by atoms with Gasteiger partial charge in [0.25, 0.3) is 0 Å². The Morgan fingerprint density at radius 2 is 2.10 bits per heavy atom. The summed E-state index contributed by atoms with van der Waals surface area (Å²) in [5.41, 5.74) is 0.387. The fourth-order valence-corrected chi connectivity index (χ4v) is 2.59. The maximum Gasteiger partial charge on any atom is 0.332 e. The van der Waals surface area contributed by atoms with Gasteiger partial charge in [0.2, 0.25) is 11.8 Å². The number of halogens is 1. The number of hydrogen-bond donors (Lipinski definition) is 1. The Morgan fingerprint density at radius 1 is 1.40 bits per heavy atom. The predicted octanol–water partition coefficient (Wildman–Crippen LogP) is 0.832. The lowest BCUT2D eigenvalue weighted by Gasteiger charge is -2.31. The summed E-state index contributed by atoms with van der Waals surface area (Å²) < 4.78 is 34.7. The van der Waals surface area contributed by atoms with E-state index in [9.17, 15) is 21.9 Å². The van der Waals surface area contributed by atoms with Crippen molar-refractivity contribution < 1.29 is 23.3 Å². The first kappa shape index (κ1) is 14.4. The third-order valence-corrected chi connectivity index (χ3v) is 4.00. The van der Waals surface area contributed by atoms with Gasteiger partial charge in [-0.3, -0.25) is 14.9 Å². The summed E-state index contributed by atoms with van der Waals surface area (Å²) in [6.45, 7) is 0. The lowest BCUT2D eigenvalue weighted by Crippen LogP contribution is -2.51. The van der Waals surface area contributed by atoms with Gasteiger partial charge in [-0.15, -0.1) is 3.89 Å². The molecule has 1 unspecified atom stereocenters. The highest BCUT2D eigenvalue weighted by molar-refractivity contribution is 7.86. The fraction of sp³-hybridized carbons (Fsp3) is 0.333. The maximum absolute atomic E-state index is 13.0. The van der Waals surface area contributed by atoms with Crippen LogP contribution in [0, 0.1) is 0 Å². The maximum atomic E-state index is 13.0. The lowest BCUT2D eigenvalue weighted by molar-refractivity contribution is -0.134. The number of piperidine rings is 1. The van der Waals surface area contributed by atoms with Gasteiger partial charge in [0, 0.05) is 20.6 Å². The molecule has 2 amide bonds. The average molecular weight is 302 g/mol. The van der Waals surface area contributed by atoms with Gasteiger partial charge < -0.3 is 4.90 Å². The van der Waals surface area contributed by atoms with E-state index < -0.39 is 27.1 Å². The van der Waals surface area contributed by atoms with E-state index in [1.807, 2.05) is 0 Å². The van der Waals surface area contributed by atoms with E-state index in [4.69, 9.17) is 0 Å². The van der Waals surface area contributed by atoms with Crippen molar-refractivity contribution in [2.24, 2.45) is 0 Å². The Bertz CT molecular complexity index is 665. The number of carbonyl (C=O) groups excluding carboxylic acids is 2. The Morgan fingerprint density at radius 3 is 2.70 bits per heavy atom. The number of hydrogen-bond acceptors (Lipinski definition) is 5. The van der Waals surface area contributed by atoms with Crippen LogP contribution in [-0.4, -0.2) is 33.3 Å². The summed E-state index contributed by atoms with van der Waals surface area (Å²) in [5, 5.41) is 2.21. The van der Waals surface area contributed by atoms with Gasteiger partial charge in [0.05, 0.1) is 0 Å². The number of nitrogens with one attached hydrogen (secondary N) is 1. The molecule has 0 aliphatic carbocycles. The van der Waals surface area contributed by atoms with Gasteiger partial charge in [-0.2, -0.15) is 8.42 Å². The molecule has 0 aromatic heterocycles. The summed E-state index contributed by atoms with van der Waals surface area (Å²) in [5.74, 6) is -0.781. The minimum atomic E-state index is -4.79. The van der Waals surface area contributed by atoms with Crippen molar-refractivity contribution in [3.8, 4) is 0 Å².